The maximum absolute atomic E-state index is 9.45. The van der Waals surface area contributed by atoms with Crippen LogP contribution in [0.4, 0.5) is 0 Å². The first-order valence-electron chi connectivity index (χ1n) is 6.52. The average Bonchev–Trinajstić information content (AvgIpc) is 2.40. The van der Waals surface area contributed by atoms with Crippen molar-refractivity contribution in [1.82, 2.24) is 4.90 Å². The van der Waals surface area contributed by atoms with Crippen LogP contribution in [0, 0.1) is 17.2 Å². The molecule has 0 N–H and O–H groups in total. The van der Waals surface area contributed by atoms with Crippen molar-refractivity contribution in [1.29, 1.82) is 5.26 Å². The fourth-order valence-corrected chi connectivity index (χ4v) is 2.64. The van der Waals surface area contributed by atoms with Crippen LogP contribution < -0.4 is 4.74 Å². The van der Waals surface area contributed by atoms with E-state index < -0.39 is 0 Å². The molecule has 1 aliphatic heterocycles. The molecule has 1 aliphatic rings. The van der Waals surface area contributed by atoms with Crippen molar-refractivity contribution in [3.63, 3.8) is 0 Å². The van der Waals surface area contributed by atoms with Crippen molar-refractivity contribution < 1.29 is 4.74 Å². The molecule has 0 spiro atoms. The van der Waals surface area contributed by atoms with Crippen LogP contribution in [0.25, 0.3) is 0 Å². The smallest absolute Gasteiger partial charge is 0.124 e. The minimum atomic E-state index is -0.150. The van der Waals surface area contributed by atoms with E-state index in [2.05, 4.69) is 17.9 Å². The van der Waals surface area contributed by atoms with Crippen molar-refractivity contribution in [3.8, 4) is 11.8 Å². The van der Waals surface area contributed by atoms with Crippen LogP contribution in [0.1, 0.15) is 31.4 Å². The number of ether oxygens (including phenoxy) is 1. The van der Waals surface area contributed by atoms with Crippen LogP contribution in [0.15, 0.2) is 24.3 Å². The summed E-state index contributed by atoms with van der Waals surface area (Å²) in [6.07, 6.45) is 2.45. The van der Waals surface area contributed by atoms with Crippen molar-refractivity contribution in [2.75, 3.05) is 20.2 Å². The Morgan fingerprint density at radius 3 is 3.00 bits per heavy atom. The molecule has 1 saturated heterocycles. The standard InChI is InChI=1S/C15H20N2O/c1-12-5-4-8-17(11-12)15(10-16)13-6-3-7-14(9-13)18-2/h3,6-7,9,12,15H,4-5,8,11H2,1-2H3. The second-order valence-electron chi connectivity index (χ2n) is 5.05. The van der Waals surface area contributed by atoms with Crippen LogP contribution in [-0.4, -0.2) is 25.1 Å². The van der Waals surface area contributed by atoms with E-state index in [0.29, 0.717) is 5.92 Å². The minimum Gasteiger partial charge on any atom is -0.497 e. The van der Waals surface area contributed by atoms with E-state index in [1.807, 2.05) is 24.3 Å². The van der Waals surface area contributed by atoms with Crippen molar-refractivity contribution >= 4 is 0 Å². The first-order chi connectivity index (χ1) is 8.74. The lowest BCUT2D eigenvalue weighted by Crippen LogP contribution is -2.36. The van der Waals surface area contributed by atoms with Gasteiger partial charge >= 0.3 is 0 Å². The highest BCUT2D eigenvalue weighted by Gasteiger charge is 2.25. The van der Waals surface area contributed by atoms with Gasteiger partial charge in [-0.2, -0.15) is 5.26 Å². The number of piperidine rings is 1. The molecule has 2 atom stereocenters. The summed E-state index contributed by atoms with van der Waals surface area (Å²) in [5, 5.41) is 9.45. The fourth-order valence-electron chi connectivity index (χ4n) is 2.64. The zero-order valence-electron chi connectivity index (χ0n) is 11.1. The molecule has 0 aliphatic carbocycles. The lowest BCUT2D eigenvalue weighted by Gasteiger charge is -2.34. The lowest BCUT2D eigenvalue weighted by molar-refractivity contribution is 0.156. The van der Waals surface area contributed by atoms with Gasteiger partial charge in [-0.25, -0.2) is 0 Å². The molecule has 2 unspecified atom stereocenters. The number of hydrogen-bond acceptors (Lipinski definition) is 3. The number of nitriles is 1. The highest BCUT2D eigenvalue weighted by atomic mass is 16.5. The molecule has 3 nitrogen and oxygen atoms in total. The predicted octanol–water partition coefficient (Wildman–Crippen LogP) is 2.99. The average molecular weight is 244 g/mol. The number of rotatable bonds is 3. The van der Waals surface area contributed by atoms with Crippen LogP contribution in [-0.2, 0) is 0 Å². The van der Waals surface area contributed by atoms with E-state index in [4.69, 9.17) is 4.74 Å². The van der Waals surface area contributed by atoms with Crippen LogP contribution in [0.2, 0.25) is 0 Å². The maximum atomic E-state index is 9.45. The zero-order valence-corrected chi connectivity index (χ0v) is 11.1. The summed E-state index contributed by atoms with van der Waals surface area (Å²) in [4.78, 5) is 2.28. The molecule has 1 aromatic rings. The summed E-state index contributed by atoms with van der Waals surface area (Å²) >= 11 is 0. The molecule has 1 aromatic carbocycles. The van der Waals surface area contributed by atoms with Crippen LogP contribution >= 0.6 is 0 Å². The number of benzene rings is 1. The van der Waals surface area contributed by atoms with E-state index in [9.17, 15) is 5.26 Å². The Hall–Kier alpha value is -1.53. The third-order valence-electron chi connectivity index (χ3n) is 3.59. The van der Waals surface area contributed by atoms with Gasteiger partial charge in [-0.3, -0.25) is 4.90 Å². The fraction of sp³-hybridized carbons (Fsp3) is 0.533. The maximum Gasteiger partial charge on any atom is 0.124 e. The summed E-state index contributed by atoms with van der Waals surface area (Å²) in [5.74, 6) is 1.50. The zero-order chi connectivity index (χ0) is 13.0. The molecule has 2 rings (SSSR count). The molecule has 1 heterocycles. The summed E-state index contributed by atoms with van der Waals surface area (Å²) < 4.78 is 5.23. The Labute approximate surface area is 109 Å². The first kappa shape index (κ1) is 12.9. The second kappa shape index (κ2) is 5.88. The largest absolute Gasteiger partial charge is 0.497 e. The summed E-state index contributed by atoms with van der Waals surface area (Å²) in [7, 11) is 1.66. The van der Waals surface area contributed by atoms with Gasteiger partial charge < -0.3 is 4.74 Å². The normalized spacial score (nSPS) is 22.2. The molecular weight excluding hydrogens is 224 g/mol. The number of methoxy groups -OCH3 is 1. The van der Waals surface area contributed by atoms with E-state index in [-0.39, 0.29) is 6.04 Å². The van der Waals surface area contributed by atoms with Gasteiger partial charge in [0.2, 0.25) is 0 Å². The number of likely N-dealkylation sites (tertiary alicyclic amines) is 1. The molecule has 0 aromatic heterocycles. The highest BCUT2D eigenvalue weighted by molar-refractivity contribution is 5.33. The molecule has 0 bridgehead atoms. The predicted molar refractivity (Wildman–Crippen MR) is 71.3 cm³/mol. The van der Waals surface area contributed by atoms with Crippen LogP contribution in [0.5, 0.6) is 5.75 Å². The van der Waals surface area contributed by atoms with Gasteiger partial charge in [-0.05, 0) is 43.0 Å². The van der Waals surface area contributed by atoms with E-state index in [1.54, 1.807) is 7.11 Å². The lowest BCUT2D eigenvalue weighted by atomic mass is 9.96. The van der Waals surface area contributed by atoms with Gasteiger partial charge in [0.1, 0.15) is 11.8 Å². The minimum absolute atomic E-state index is 0.150. The van der Waals surface area contributed by atoms with Gasteiger partial charge in [-0.15, -0.1) is 0 Å². The van der Waals surface area contributed by atoms with E-state index in [0.717, 1.165) is 24.4 Å². The number of nitrogens with zero attached hydrogens (tertiary/aromatic N) is 2. The Kier molecular flexibility index (Phi) is 4.22. The summed E-state index contributed by atoms with van der Waals surface area (Å²) in [5.41, 5.74) is 1.03. The molecule has 0 saturated carbocycles. The molecule has 0 amide bonds. The van der Waals surface area contributed by atoms with Crippen LogP contribution in [0.3, 0.4) is 0 Å². The second-order valence-corrected chi connectivity index (χ2v) is 5.05. The van der Waals surface area contributed by atoms with Gasteiger partial charge in [0.05, 0.1) is 13.2 Å². The quantitative estimate of drug-likeness (QED) is 0.820. The summed E-state index contributed by atoms with van der Waals surface area (Å²) in [6.45, 7) is 4.28. The molecule has 3 heteroatoms. The third kappa shape index (κ3) is 2.83. The third-order valence-corrected chi connectivity index (χ3v) is 3.59. The topological polar surface area (TPSA) is 36.3 Å². The van der Waals surface area contributed by atoms with E-state index in [1.165, 1.54) is 12.8 Å². The highest BCUT2D eigenvalue weighted by Crippen LogP contribution is 2.28. The van der Waals surface area contributed by atoms with E-state index >= 15 is 0 Å². The molecule has 0 radical (unpaired) electrons. The summed E-state index contributed by atoms with van der Waals surface area (Å²) in [6, 6.07) is 10.1. The van der Waals surface area contributed by atoms with Gasteiger partial charge in [-0.1, -0.05) is 19.1 Å². The van der Waals surface area contributed by atoms with Crippen molar-refractivity contribution in [2.45, 2.75) is 25.8 Å². The Morgan fingerprint density at radius 1 is 1.50 bits per heavy atom. The Balaban J connectivity index is 2.19. The van der Waals surface area contributed by atoms with Crippen molar-refractivity contribution in [3.05, 3.63) is 29.8 Å². The van der Waals surface area contributed by atoms with Crippen molar-refractivity contribution in [2.24, 2.45) is 5.92 Å². The van der Waals surface area contributed by atoms with Gasteiger partial charge in [0.25, 0.3) is 0 Å². The van der Waals surface area contributed by atoms with Gasteiger partial charge in [0, 0.05) is 6.54 Å². The molecule has 18 heavy (non-hydrogen) atoms. The Bertz CT molecular complexity index is 438. The molecule has 96 valence electrons. The number of hydrogen-bond donors (Lipinski definition) is 0. The molecule has 1 fully saturated rings. The Morgan fingerprint density at radius 2 is 2.33 bits per heavy atom. The SMILES string of the molecule is COc1cccc(C(C#N)N2CCCC(C)C2)c1. The molecular formula is C15H20N2O. The monoisotopic (exact) mass is 244 g/mol. The first-order valence-corrected chi connectivity index (χ1v) is 6.52. The van der Waals surface area contributed by atoms with Gasteiger partial charge in [0.15, 0.2) is 0 Å².